The van der Waals surface area contributed by atoms with Crippen LogP contribution in [0.15, 0.2) is 18.2 Å². The molecule has 1 saturated heterocycles. The Morgan fingerprint density at radius 1 is 1.59 bits per heavy atom. The van der Waals surface area contributed by atoms with Gasteiger partial charge in [-0.1, -0.05) is 0 Å². The van der Waals surface area contributed by atoms with Crippen LogP contribution in [0.25, 0.3) is 0 Å². The predicted octanol–water partition coefficient (Wildman–Crippen LogP) is 1.16. The first kappa shape index (κ1) is 11.7. The zero-order valence-corrected chi connectivity index (χ0v) is 9.90. The molecule has 1 amide bonds. The summed E-state index contributed by atoms with van der Waals surface area (Å²) in [5.41, 5.74) is 7.73. The maximum atomic E-state index is 11.9. The van der Waals surface area contributed by atoms with Gasteiger partial charge in [-0.3, -0.25) is 14.7 Å². The third-order valence-electron chi connectivity index (χ3n) is 2.63. The number of hydrogen-bond acceptors (Lipinski definition) is 4. The highest BCUT2D eigenvalue weighted by Gasteiger charge is 2.20. The summed E-state index contributed by atoms with van der Waals surface area (Å²) in [6, 6.07) is 5.23. The molecule has 0 atom stereocenters. The number of carbonyl (C=O) groups is 1. The van der Waals surface area contributed by atoms with Crippen LogP contribution < -0.4 is 16.1 Å². The Morgan fingerprint density at radius 2 is 2.41 bits per heavy atom. The van der Waals surface area contributed by atoms with Crippen molar-refractivity contribution in [1.29, 1.82) is 0 Å². The lowest BCUT2D eigenvalue weighted by Crippen LogP contribution is -2.26. The third-order valence-corrected chi connectivity index (χ3v) is 2.63. The van der Waals surface area contributed by atoms with E-state index in [1.54, 1.807) is 23.3 Å². The first-order valence-corrected chi connectivity index (χ1v) is 5.80. The van der Waals surface area contributed by atoms with E-state index >= 15 is 0 Å². The summed E-state index contributed by atoms with van der Waals surface area (Å²) in [6.07, 6.45) is 0.962. The zero-order valence-electron chi connectivity index (χ0n) is 9.90. The van der Waals surface area contributed by atoms with E-state index < -0.39 is 0 Å². The second-order valence-electron chi connectivity index (χ2n) is 3.92. The highest BCUT2D eigenvalue weighted by molar-refractivity contribution is 6.00. The largest absolute Gasteiger partial charge is 0.399 e. The molecule has 92 valence electrons. The molecule has 0 spiro atoms. The van der Waals surface area contributed by atoms with Crippen molar-refractivity contribution in [2.45, 2.75) is 13.3 Å². The topological polar surface area (TPSA) is 67.6 Å². The predicted molar refractivity (Wildman–Crippen MR) is 66.8 cm³/mol. The molecule has 17 heavy (non-hydrogen) atoms. The minimum atomic E-state index is -0.0991. The molecule has 0 bridgehead atoms. The van der Waals surface area contributed by atoms with Crippen molar-refractivity contribution in [2.24, 2.45) is 0 Å². The molecule has 3 N–H and O–H groups in total. The Labute approximate surface area is 100 Å². The number of nitrogens with two attached hydrogens (primary N) is 1. The normalized spacial score (nSPS) is 15.0. The molecule has 1 fully saturated rings. The molecule has 0 radical (unpaired) electrons. The summed E-state index contributed by atoms with van der Waals surface area (Å²) in [5, 5.41) is 4.52. The number of nitrogen functional groups attached to an aromatic ring is 1. The number of hydrogen-bond donors (Lipinski definition) is 2. The van der Waals surface area contributed by atoms with Gasteiger partial charge in [0.2, 0.25) is 0 Å². The van der Waals surface area contributed by atoms with Gasteiger partial charge < -0.3 is 11.1 Å². The molecular formula is C12H17N3O2. The SMILES string of the molecule is CCNC(=O)c1ccc(N)cc1N1CCCO1. The number of rotatable bonds is 3. The summed E-state index contributed by atoms with van der Waals surface area (Å²) >= 11 is 0. The fraction of sp³-hybridized carbons (Fsp3) is 0.417. The van der Waals surface area contributed by atoms with Crippen molar-refractivity contribution in [2.75, 3.05) is 30.5 Å². The summed E-state index contributed by atoms with van der Waals surface area (Å²) in [6.45, 7) is 3.96. The standard InChI is InChI=1S/C12H17N3O2/c1-2-14-12(16)10-5-4-9(13)8-11(10)15-6-3-7-17-15/h4-5,8H,2-3,6-7,13H2,1H3,(H,14,16). The molecule has 5 nitrogen and oxygen atoms in total. The lowest BCUT2D eigenvalue weighted by molar-refractivity contribution is 0.0953. The van der Waals surface area contributed by atoms with Crippen molar-refractivity contribution in [3.63, 3.8) is 0 Å². The van der Waals surface area contributed by atoms with Gasteiger partial charge in [-0.25, -0.2) is 0 Å². The Kier molecular flexibility index (Phi) is 3.49. The third kappa shape index (κ3) is 2.50. The molecule has 1 heterocycles. The first-order chi connectivity index (χ1) is 8.22. The molecule has 0 aromatic heterocycles. The molecule has 1 aromatic rings. The van der Waals surface area contributed by atoms with Crippen LogP contribution in [0.2, 0.25) is 0 Å². The number of anilines is 2. The lowest BCUT2D eigenvalue weighted by atomic mass is 10.1. The van der Waals surface area contributed by atoms with Gasteiger partial charge in [0.15, 0.2) is 0 Å². The van der Waals surface area contributed by atoms with Crippen LogP contribution in [0.1, 0.15) is 23.7 Å². The quantitative estimate of drug-likeness (QED) is 0.771. The van der Waals surface area contributed by atoms with Gasteiger partial charge in [-0.2, -0.15) is 0 Å². The summed E-state index contributed by atoms with van der Waals surface area (Å²) in [7, 11) is 0. The maximum absolute atomic E-state index is 11.9. The van der Waals surface area contributed by atoms with Crippen LogP contribution in [-0.4, -0.2) is 25.6 Å². The second kappa shape index (κ2) is 5.05. The van der Waals surface area contributed by atoms with E-state index in [9.17, 15) is 4.79 Å². The van der Waals surface area contributed by atoms with Crippen LogP contribution in [0, 0.1) is 0 Å². The van der Waals surface area contributed by atoms with Gasteiger partial charge in [-0.05, 0) is 31.5 Å². The first-order valence-electron chi connectivity index (χ1n) is 5.80. The highest BCUT2D eigenvalue weighted by atomic mass is 16.7. The average Bonchev–Trinajstić information content (AvgIpc) is 2.82. The van der Waals surface area contributed by atoms with Crippen molar-refractivity contribution in [3.05, 3.63) is 23.8 Å². The fourth-order valence-corrected chi connectivity index (χ4v) is 1.84. The van der Waals surface area contributed by atoms with Gasteiger partial charge >= 0.3 is 0 Å². The van der Waals surface area contributed by atoms with E-state index in [0.717, 1.165) is 18.7 Å². The molecule has 1 aliphatic rings. The summed E-state index contributed by atoms with van der Waals surface area (Å²) in [4.78, 5) is 17.4. The van der Waals surface area contributed by atoms with Gasteiger partial charge in [0.25, 0.3) is 5.91 Å². The van der Waals surface area contributed by atoms with Crippen LogP contribution in [0.5, 0.6) is 0 Å². The fourth-order valence-electron chi connectivity index (χ4n) is 1.84. The van der Waals surface area contributed by atoms with Crippen LogP contribution in [-0.2, 0) is 4.84 Å². The zero-order chi connectivity index (χ0) is 12.3. The average molecular weight is 235 g/mol. The molecule has 0 saturated carbocycles. The number of nitrogens with one attached hydrogen (secondary N) is 1. The number of hydroxylamine groups is 1. The van der Waals surface area contributed by atoms with Gasteiger partial charge in [0.05, 0.1) is 17.9 Å². The molecule has 0 aliphatic carbocycles. The molecule has 5 heteroatoms. The van der Waals surface area contributed by atoms with Gasteiger partial charge in [0.1, 0.15) is 0 Å². The summed E-state index contributed by atoms with van der Waals surface area (Å²) in [5.74, 6) is -0.0991. The molecule has 1 aliphatic heterocycles. The smallest absolute Gasteiger partial charge is 0.253 e. The van der Waals surface area contributed by atoms with Crippen molar-refractivity contribution in [3.8, 4) is 0 Å². The van der Waals surface area contributed by atoms with Crippen molar-refractivity contribution >= 4 is 17.3 Å². The van der Waals surface area contributed by atoms with E-state index in [1.165, 1.54) is 0 Å². The Balaban J connectivity index is 2.33. The molecular weight excluding hydrogens is 218 g/mol. The minimum Gasteiger partial charge on any atom is -0.399 e. The molecule has 0 unspecified atom stereocenters. The van der Waals surface area contributed by atoms with Crippen molar-refractivity contribution < 1.29 is 9.63 Å². The Morgan fingerprint density at radius 3 is 3.06 bits per heavy atom. The van der Waals surface area contributed by atoms with E-state index in [2.05, 4.69) is 5.32 Å². The Hall–Kier alpha value is -1.75. The van der Waals surface area contributed by atoms with E-state index in [1.807, 2.05) is 6.92 Å². The minimum absolute atomic E-state index is 0.0991. The number of carbonyl (C=O) groups excluding carboxylic acids is 1. The van der Waals surface area contributed by atoms with Gasteiger partial charge in [0, 0.05) is 18.8 Å². The number of benzene rings is 1. The maximum Gasteiger partial charge on any atom is 0.253 e. The highest BCUT2D eigenvalue weighted by Crippen LogP contribution is 2.26. The summed E-state index contributed by atoms with van der Waals surface area (Å²) < 4.78 is 0. The second-order valence-corrected chi connectivity index (χ2v) is 3.92. The van der Waals surface area contributed by atoms with Crippen LogP contribution in [0.3, 0.4) is 0 Å². The van der Waals surface area contributed by atoms with Crippen LogP contribution in [0.4, 0.5) is 11.4 Å². The van der Waals surface area contributed by atoms with Gasteiger partial charge in [-0.15, -0.1) is 0 Å². The van der Waals surface area contributed by atoms with E-state index in [0.29, 0.717) is 24.4 Å². The molecule has 1 aromatic carbocycles. The lowest BCUT2D eigenvalue weighted by Gasteiger charge is -2.19. The van der Waals surface area contributed by atoms with Crippen LogP contribution >= 0.6 is 0 Å². The van der Waals surface area contributed by atoms with E-state index in [4.69, 9.17) is 10.6 Å². The molecule has 2 rings (SSSR count). The number of nitrogens with zero attached hydrogens (tertiary/aromatic N) is 1. The van der Waals surface area contributed by atoms with E-state index in [-0.39, 0.29) is 5.91 Å². The van der Waals surface area contributed by atoms with Crippen molar-refractivity contribution in [1.82, 2.24) is 5.32 Å². The Bertz CT molecular complexity index is 414. The number of amides is 1. The monoisotopic (exact) mass is 235 g/mol.